The van der Waals surface area contributed by atoms with Gasteiger partial charge in [-0.05, 0) is 30.3 Å². The first-order valence-corrected chi connectivity index (χ1v) is 11.6. The number of carbonyl (C=O) groups excluding carboxylic acids is 1. The highest BCUT2D eigenvalue weighted by Gasteiger charge is 2.23. The van der Waals surface area contributed by atoms with Crippen LogP contribution in [0.15, 0.2) is 66.4 Å². The van der Waals surface area contributed by atoms with Crippen LogP contribution in [-0.2, 0) is 11.3 Å². The van der Waals surface area contributed by atoms with Crippen LogP contribution in [-0.4, -0.2) is 56.5 Å². The van der Waals surface area contributed by atoms with Crippen LogP contribution >= 0.6 is 22.9 Å². The molecule has 4 heterocycles. The standard InChI is InChI=1S/C23H21ClN6OS/c24-18-6-4-17(5-7-18)19-16-32-22(27-19)20-3-1-10-30(20)15-21(31)28-11-13-29(14-12-28)23-25-8-2-9-26-23/h1-10,16H,11-15H2. The van der Waals surface area contributed by atoms with E-state index in [0.717, 1.165) is 35.0 Å². The molecular weight excluding hydrogens is 444 g/mol. The van der Waals surface area contributed by atoms with Crippen LogP contribution in [0.1, 0.15) is 0 Å². The Morgan fingerprint density at radius 3 is 2.50 bits per heavy atom. The number of halogens is 1. The number of anilines is 1. The van der Waals surface area contributed by atoms with E-state index in [0.29, 0.717) is 30.6 Å². The molecule has 1 aromatic carbocycles. The molecule has 1 saturated heterocycles. The molecule has 0 saturated carbocycles. The maximum absolute atomic E-state index is 13.0. The molecule has 0 spiro atoms. The van der Waals surface area contributed by atoms with Gasteiger partial charge in [-0.3, -0.25) is 4.79 Å². The lowest BCUT2D eigenvalue weighted by molar-refractivity contribution is -0.132. The van der Waals surface area contributed by atoms with Crippen molar-refractivity contribution in [2.75, 3.05) is 31.1 Å². The summed E-state index contributed by atoms with van der Waals surface area (Å²) in [5, 5.41) is 3.62. The molecule has 0 unspecified atom stereocenters. The van der Waals surface area contributed by atoms with E-state index in [-0.39, 0.29) is 5.91 Å². The van der Waals surface area contributed by atoms with Gasteiger partial charge >= 0.3 is 0 Å². The van der Waals surface area contributed by atoms with E-state index in [9.17, 15) is 4.79 Å². The number of nitrogens with zero attached hydrogens (tertiary/aromatic N) is 6. The van der Waals surface area contributed by atoms with Crippen molar-refractivity contribution >= 4 is 34.8 Å². The van der Waals surface area contributed by atoms with E-state index in [1.807, 2.05) is 57.4 Å². The Bertz CT molecular complexity index is 1200. The SMILES string of the molecule is O=C(Cn1cccc1-c1nc(-c2ccc(Cl)cc2)cs1)N1CCN(c2ncccn2)CC1. The second-order valence-electron chi connectivity index (χ2n) is 7.48. The summed E-state index contributed by atoms with van der Waals surface area (Å²) >= 11 is 7.56. The predicted molar refractivity (Wildman–Crippen MR) is 127 cm³/mol. The minimum Gasteiger partial charge on any atom is -0.338 e. The van der Waals surface area contributed by atoms with Crippen molar-refractivity contribution in [2.45, 2.75) is 6.54 Å². The van der Waals surface area contributed by atoms with Crippen LogP contribution in [0.3, 0.4) is 0 Å². The van der Waals surface area contributed by atoms with E-state index >= 15 is 0 Å². The molecular formula is C23H21ClN6OS. The predicted octanol–water partition coefficient (Wildman–Crippen LogP) is 4.07. The molecule has 1 amide bonds. The third-order valence-electron chi connectivity index (χ3n) is 5.47. The van der Waals surface area contributed by atoms with Gasteiger partial charge in [0.25, 0.3) is 0 Å². The minimum absolute atomic E-state index is 0.102. The Morgan fingerprint density at radius 1 is 1.00 bits per heavy atom. The molecule has 5 rings (SSSR count). The zero-order chi connectivity index (χ0) is 21.9. The maximum atomic E-state index is 13.0. The van der Waals surface area contributed by atoms with Crippen LogP contribution in [0.4, 0.5) is 5.95 Å². The molecule has 1 aliphatic heterocycles. The second kappa shape index (κ2) is 9.10. The maximum Gasteiger partial charge on any atom is 0.242 e. The Balaban J connectivity index is 1.25. The van der Waals surface area contributed by atoms with Crippen LogP contribution in [0, 0.1) is 0 Å². The van der Waals surface area contributed by atoms with Gasteiger partial charge in [0.15, 0.2) is 0 Å². The van der Waals surface area contributed by atoms with Gasteiger partial charge in [-0.15, -0.1) is 11.3 Å². The number of hydrogen-bond donors (Lipinski definition) is 0. The van der Waals surface area contributed by atoms with Crippen LogP contribution in [0.2, 0.25) is 5.02 Å². The number of thiazole rings is 1. The van der Waals surface area contributed by atoms with Crippen molar-refractivity contribution in [1.29, 1.82) is 0 Å². The second-order valence-corrected chi connectivity index (χ2v) is 8.78. The lowest BCUT2D eigenvalue weighted by atomic mass is 10.2. The first-order valence-electron chi connectivity index (χ1n) is 10.3. The zero-order valence-corrected chi connectivity index (χ0v) is 18.8. The largest absolute Gasteiger partial charge is 0.338 e. The average molecular weight is 465 g/mol. The molecule has 4 aromatic rings. The topological polar surface area (TPSA) is 67.2 Å². The molecule has 0 aliphatic carbocycles. The minimum atomic E-state index is 0.102. The zero-order valence-electron chi connectivity index (χ0n) is 17.3. The fraction of sp³-hybridized carbons (Fsp3) is 0.217. The summed E-state index contributed by atoms with van der Waals surface area (Å²) in [6.07, 6.45) is 5.42. The Morgan fingerprint density at radius 2 is 1.75 bits per heavy atom. The van der Waals surface area contributed by atoms with Gasteiger partial charge in [0.1, 0.15) is 11.6 Å². The van der Waals surface area contributed by atoms with Crippen molar-refractivity contribution in [3.63, 3.8) is 0 Å². The highest BCUT2D eigenvalue weighted by atomic mass is 35.5. The van der Waals surface area contributed by atoms with Crippen LogP contribution in [0.5, 0.6) is 0 Å². The number of benzene rings is 1. The van der Waals surface area contributed by atoms with E-state index in [4.69, 9.17) is 16.6 Å². The summed E-state index contributed by atoms with van der Waals surface area (Å²) < 4.78 is 1.97. The summed E-state index contributed by atoms with van der Waals surface area (Å²) in [6.45, 7) is 3.06. The third-order valence-corrected chi connectivity index (χ3v) is 6.58. The third kappa shape index (κ3) is 4.37. The molecule has 32 heavy (non-hydrogen) atoms. The lowest BCUT2D eigenvalue weighted by Gasteiger charge is -2.34. The Hall–Kier alpha value is -3.23. The summed E-state index contributed by atoms with van der Waals surface area (Å²) in [5.41, 5.74) is 2.87. The van der Waals surface area contributed by atoms with Gasteiger partial charge in [-0.25, -0.2) is 15.0 Å². The van der Waals surface area contributed by atoms with Gasteiger partial charge in [0, 0.05) is 60.7 Å². The Labute approximate surface area is 194 Å². The van der Waals surface area contributed by atoms with Crippen LogP contribution in [0.25, 0.3) is 22.0 Å². The number of aromatic nitrogens is 4. The van der Waals surface area contributed by atoms with Gasteiger partial charge in [-0.1, -0.05) is 23.7 Å². The van der Waals surface area contributed by atoms with E-state index in [1.54, 1.807) is 29.8 Å². The van der Waals surface area contributed by atoms with Gasteiger partial charge in [0.2, 0.25) is 11.9 Å². The molecule has 0 atom stereocenters. The highest BCUT2D eigenvalue weighted by molar-refractivity contribution is 7.13. The molecule has 1 aliphatic rings. The fourth-order valence-corrected chi connectivity index (χ4v) is 4.74. The first kappa shape index (κ1) is 20.7. The van der Waals surface area contributed by atoms with Crippen molar-refractivity contribution < 1.29 is 4.79 Å². The summed E-state index contributed by atoms with van der Waals surface area (Å²) in [6, 6.07) is 13.4. The quantitative estimate of drug-likeness (QED) is 0.445. The van der Waals surface area contributed by atoms with E-state index in [1.165, 1.54) is 0 Å². The van der Waals surface area contributed by atoms with Crippen molar-refractivity contribution in [1.82, 2.24) is 24.4 Å². The number of amides is 1. The molecule has 3 aromatic heterocycles. The molecule has 0 radical (unpaired) electrons. The number of rotatable bonds is 5. The van der Waals surface area contributed by atoms with E-state index in [2.05, 4.69) is 14.9 Å². The van der Waals surface area contributed by atoms with Crippen molar-refractivity contribution in [3.05, 3.63) is 71.5 Å². The first-order chi connectivity index (χ1) is 15.7. The van der Waals surface area contributed by atoms with E-state index < -0.39 is 0 Å². The fourth-order valence-electron chi connectivity index (χ4n) is 3.75. The van der Waals surface area contributed by atoms with Crippen LogP contribution < -0.4 is 4.90 Å². The smallest absolute Gasteiger partial charge is 0.242 e. The summed E-state index contributed by atoms with van der Waals surface area (Å²) in [5.74, 6) is 0.818. The van der Waals surface area contributed by atoms with Gasteiger partial charge in [0.05, 0.1) is 11.4 Å². The highest BCUT2D eigenvalue weighted by Crippen LogP contribution is 2.30. The van der Waals surface area contributed by atoms with Gasteiger partial charge in [-0.2, -0.15) is 0 Å². The van der Waals surface area contributed by atoms with Crippen molar-refractivity contribution in [3.8, 4) is 22.0 Å². The summed E-state index contributed by atoms with van der Waals surface area (Å²) in [4.78, 5) is 30.4. The molecule has 0 bridgehead atoms. The molecule has 7 nitrogen and oxygen atoms in total. The Kier molecular flexibility index (Phi) is 5.87. The molecule has 9 heteroatoms. The molecule has 162 valence electrons. The molecule has 0 N–H and O–H groups in total. The van der Waals surface area contributed by atoms with Crippen molar-refractivity contribution in [2.24, 2.45) is 0 Å². The number of carbonyl (C=O) groups is 1. The summed E-state index contributed by atoms with van der Waals surface area (Å²) in [7, 11) is 0. The van der Waals surface area contributed by atoms with Gasteiger partial charge < -0.3 is 14.4 Å². The monoisotopic (exact) mass is 464 g/mol. The molecule has 1 fully saturated rings. The lowest BCUT2D eigenvalue weighted by Crippen LogP contribution is -2.50. The number of hydrogen-bond acceptors (Lipinski definition) is 6. The number of piperazine rings is 1. The normalized spacial score (nSPS) is 14.0. The average Bonchev–Trinajstić information content (AvgIpc) is 3.50.